The second-order valence-electron chi connectivity index (χ2n) is 4.61. The van der Waals surface area contributed by atoms with Gasteiger partial charge < -0.3 is 9.88 Å². The lowest BCUT2D eigenvalue weighted by Crippen LogP contribution is -2.11. The van der Waals surface area contributed by atoms with Crippen molar-refractivity contribution in [3.63, 3.8) is 0 Å². The molecule has 18 heavy (non-hydrogen) atoms. The highest BCUT2D eigenvalue weighted by atomic mass is 32.1. The summed E-state index contributed by atoms with van der Waals surface area (Å²) in [6.45, 7) is 5.23. The van der Waals surface area contributed by atoms with Gasteiger partial charge in [0.1, 0.15) is 0 Å². The molecule has 0 fully saturated rings. The average molecular weight is 263 g/mol. The first-order chi connectivity index (χ1) is 8.72. The molecular formula is C14H21N3S. The van der Waals surface area contributed by atoms with Crippen molar-refractivity contribution in [1.29, 1.82) is 0 Å². The van der Waals surface area contributed by atoms with E-state index >= 15 is 0 Å². The molecule has 0 bridgehead atoms. The van der Waals surface area contributed by atoms with Crippen LogP contribution in [0.2, 0.25) is 0 Å². The maximum absolute atomic E-state index is 4.65. The second kappa shape index (κ2) is 6.16. The molecule has 1 unspecified atom stereocenters. The van der Waals surface area contributed by atoms with E-state index in [1.54, 1.807) is 11.3 Å². The first-order valence-corrected chi connectivity index (χ1v) is 7.37. The predicted octanol–water partition coefficient (Wildman–Crippen LogP) is 3.23. The molecule has 2 aromatic rings. The Balaban J connectivity index is 2.01. The van der Waals surface area contributed by atoms with Gasteiger partial charge in [-0.3, -0.25) is 0 Å². The summed E-state index contributed by atoms with van der Waals surface area (Å²) in [6, 6.07) is 2.57. The Morgan fingerprint density at radius 1 is 1.50 bits per heavy atom. The number of nitrogens with zero attached hydrogens (tertiary/aromatic N) is 2. The van der Waals surface area contributed by atoms with Gasteiger partial charge in [0.05, 0.1) is 17.2 Å². The third-order valence-electron chi connectivity index (χ3n) is 3.11. The van der Waals surface area contributed by atoms with Crippen molar-refractivity contribution in [3.05, 3.63) is 40.1 Å². The molecule has 1 N–H and O–H groups in total. The van der Waals surface area contributed by atoms with Crippen LogP contribution in [0, 0.1) is 0 Å². The number of aromatic nitrogens is 2. The predicted molar refractivity (Wildman–Crippen MR) is 77.1 cm³/mol. The van der Waals surface area contributed by atoms with Crippen LogP contribution in [0.25, 0.3) is 0 Å². The van der Waals surface area contributed by atoms with Gasteiger partial charge in [0.2, 0.25) is 0 Å². The van der Waals surface area contributed by atoms with Crippen molar-refractivity contribution in [3.8, 4) is 0 Å². The third-order valence-corrected chi connectivity index (χ3v) is 4.07. The topological polar surface area (TPSA) is 29.9 Å². The average Bonchev–Trinajstić information content (AvgIpc) is 2.99. The summed E-state index contributed by atoms with van der Waals surface area (Å²) in [5.41, 5.74) is 2.49. The Hall–Kier alpha value is -1.13. The van der Waals surface area contributed by atoms with E-state index in [0.29, 0.717) is 6.04 Å². The zero-order chi connectivity index (χ0) is 13.0. The van der Waals surface area contributed by atoms with Gasteiger partial charge in [-0.15, -0.1) is 11.3 Å². The molecule has 0 spiro atoms. The highest BCUT2D eigenvalue weighted by Crippen LogP contribution is 2.15. The fraction of sp³-hybridized carbons (Fsp3) is 0.500. The van der Waals surface area contributed by atoms with E-state index in [-0.39, 0.29) is 0 Å². The summed E-state index contributed by atoms with van der Waals surface area (Å²) >= 11 is 1.77. The molecule has 0 saturated carbocycles. The Kier molecular flexibility index (Phi) is 4.55. The van der Waals surface area contributed by atoms with Gasteiger partial charge >= 0.3 is 0 Å². The van der Waals surface area contributed by atoms with E-state index in [1.807, 2.05) is 7.05 Å². The maximum Gasteiger partial charge on any atom is 0.0928 e. The summed E-state index contributed by atoms with van der Waals surface area (Å²) in [5, 5.41) is 6.68. The minimum Gasteiger partial charge on any atom is -0.348 e. The van der Waals surface area contributed by atoms with E-state index in [2.05, 4.69) is 52.6 Å². The van der Waals surface area contributed by atoms with Crippen molar-refractivity contribution < 1.29 is 0 Å². The number of aryl methyl sites for hydroxylation is 1. The molecule has 0 aliphatic rings. The van der Waals surface area contributed by atoms with Gasteiger partial charge in [-0.1, -0.05) is 6.92 Å². The van der Waals surface area contributed by atoms with Crippen molar-refractivity contribution >= 4 is 11.3 Å². The Bertz CT molecular complexity index is 487. The summed E-state index contributed by atoms with van der Waals surface area (Å²) in [5.74, 6) is 0. The molecule has 1 atom stereocenters. The smallest absolute Gasteiger partial charge is 0.0928 e. The lowest BCUT2D eigenvalue weighted by atomic mass is 10.2. The van der Waals surface area contributed by atoms with E-state index in [9.17, 15) is 0 Å². The van der Waals surface area contributed by atoms with Crippen molar-refractivity contribution in [1.82, 2.24) is 14.9 Å². The summed E-state index contributed by atoms with van der Waals surface area (Å²) < 4.78 is 2.20. The molecule has 98 valence electrons. The number of thiazole rings is 1. The summed E-state index contributed by atoms with van der Waals surface area (Å²) in [7, 11) is 1.99. The fourth-order valence-electron chi connectivity index (χ4n) is 1.92. The largest absolute Gasteiger partial charge is 0.348 e. The van der Waals surface area contributed by atoms with Crippen LogP contribution < -0.4 is 5.32 Å². The van der Waals surface area contributed by atoms with E-state index in [4.69, 9.17) is 0 Å². The molecule has 0 amide bonds. The molecule has 0 aliphatic carbocycles. The molecule has 4 heteroatoms. The SMILES string of the molecule is CCCc1nc(Cn2ccc(C(C)NC)c2)cs1. The van der Waals surface area contributed by atoms with Gasteiger partial charge in [0.15, 0.2) is 0 Å². The Labute approximate surface area is 113 Å². The molecule has 0 radical (unpaired) electrons. The van der Waals surface area contributed by atoms with Crippen LogP contribution in [0.3, 0.4) is 0 Å². The van der Waals surface area contributed by atoms with Crippen LogP contribution in [-0.2, 0) is 13.0 Å². The van der Waals surface area contributed by atoms with Gasteiger partial charge in [-0.05, 0) is 38.4 Å². The zero-order valence-corrected chi connectivity index (χ0v) is 12.1. The standard InChI is InChI=1S/C14H21N3S/c1-4-5-14-16-13(10-18-14)9-17-7-6-12(8-17)11(2)15-3/h6-8,10-11,15H,4-5,9H2,1-3H3. The number of hydrogen-bond donors (Lipinski definition) is 1. The number of rotatable bonds is 6. The van der Waals surface area contributed by atoms with Gasteiger partial charge in [-0.2, -0.15) is 0 Å². The quantitative estimate of drug-likeness (QED) is 0.867. The Morgan fingerprint density at radius 3 is 3.06 bits per heavy atom. The first-order valence-electron chi connectivity index (χ1n) is 6.49. The second-order valence-corrected chi connectivity index (χ2v) is 5.55. The minimum atomic E-state index is 0.400. The monoisotopic (exact) mass is 263 g/mol. The normalized spacial score (nSPS) is 12.8. The lowest BCUT2D eigenvalue weighted by molar-refractivity contribution is 0.648. The first kappa shape index (κ1) is 13.3. The van der Waals surface area contributed by atoms with E-state index in [1.165, 1.54) is 22.7 Å². The van der Waals surface area contributed by atoms with Crippen LogP contribution in [0.4, 0.5) is 0 Å². The van der Waals surface area contributed by atoms with Crippen molar-refractivity contribution in [2.45, 2.75) is 39.3 Å². The van der Waals surface area contributed by atoms with Crippen LogP contribution in [0.5, 0.6) is 0 Å². The molecule has 0 aliphatic heterocycles. The molecule has 2 heterocycles. The molecule has 3 nitrogen and oxygen atoms in total. The van der Waals surface area contributed by atoms with Crippen LogP contribution in [0.1, 0.15) is 42.6 Å². The van der Waals surface area contributed by atoms with Crippen molar-refractivity contribution in [2.75, 3.05) is 7.05 Å². The molecule has 0 aromatic carbocycles. The number of nitrogens with one attached hydrogen (secondary N) is 1. The van der Waals surface area contributed by atoms with Gasteiger partial charge in [0, 0.05) is 23.8 Å². The van der Waals surface area contributed by atoms with Crippen LogP contribution in [-0.4, -0.2) is 16.6 Å². The van der Waals surface area contributed by atoms with E-state index < -0.39 is 0 Å². The van der Waals surface area contributed by atoms with Gasteiger partial charge in [-0.25, -0.2) is 4.98 Å². The highest BCUT2D eigenvalue weighted by Gasteiger charge is 2.06. The Morgan fingerprint density at radius 2 is 2.33 bits per heavy atom. The zero-order valence-electron chi connectivity index (χ0n) is 11.3. The fourth-order valence-corrected chi connectivity index (χ4v) is 2.81. The number of hydrogen-bond acceptors (Lipinski definition) is 3. The molecule has 2 rings (SSSR count). The van der Waals surface area contributed by atoms with Crippen LogP contribution in [0.15, 0.2) is 23.8 Å². The summed E-state index contributed by atoms with van der Waals surface area (Å²) in [6.07, 6.45) is 6.58. The molecule has 2 aromatic heterocycles. The molecule has 0 saturated heterocycles. The van der Waals surface area contributed by atoms with Crippen LogP contribution >= 0.6 is 11.3 Å². The third kappa shape index (κ3) is 3.21. The summed E-state index contributed by atoms with van der Waals surface area (Å²) in [4.78, 5) is 4.65. The highest BCUT2D eigenvalue weighted by molar-refractivity contribution is 7.09. The minimum absolute atomic E-state index is 0.400. The van der Waals surface area contributed by atoms with Gasteiger partial charge in [0.25, 0.3) is 0 Å². The van der Waals surface area contributed by atoms with Crippen molar-refractivity contribution in [2.24, 2.45) is 0 Å². The van der Waals surface area contributed by atoms with E-state index in [0.717, 1.165) is 13.0 Å². The molecular weight excluding hydrogens is 242 g/mol. The maximum atomic E-state index is 4.65. The lowest BCUT2D eigenvalue weighted by Gasteiger charge is -2.06.